The van der Waals surface area contributed by atoms with Crippen molar-refractivity contribution < 1.29 is 9.53 Å². The summed E-state index contributed by atoms with van der Waals surface area (Å²) >= 11 is 0. The van der Waals surface area contributed by atoms with Crippen LogP contribution in [0.1, 0.15) is 31.2 Å². The van der Waals surface area contributed by atoms with Gasteiger partial charge in [-0.2, -0.15) is 0 Å². The third kappa shape index (κ3) is 3.57. The molecule has 0 spiro atoms. The van der Waals surface area contributed by atoms with E-state index in [1.54, 1.807) is 6.08 Å². The van der Waals surface area contributed by atoms with E-state index in [0.717, 1.165) is 31.2 Å². The second-order valence-corrected chi connectivity index (χ2v) is 5.04. The Morgan fingerprint density at radius 2 is 1.74 bits per heavy atom. The van der Waals surface area contributed by atoms with Gasteiger partial charge in [-0.1, -0.05) is 30.9 Å². The summed E-state index contributed by atoms with van der Waals surface area (Å²) in [6, 6.07) is 7.41. The second kappa shape index (κ2) is 6.37. The SMILES string of the molecule is C=Cc1ccc(OC(=O)C2CCC(C=C)CC2)cc1. The predicted molar refractivity (Wildman–Crippen MR) is 77.8 cm³/mol. The third-order valence-electron chi connectivity index (χ3n) is 3.77. The van der Waals surface area contributed by atoms with Crippen LogP contribution in [0.5, 0.6) is 5.75 Å². The van der Waals surface area contributed by atoms with Crippen molar-refractivity contribution >= 4 is 12.0 Å². The highest BCUT2D eigenvalue weighted by molar-refractivity contribution is 5.75. The lowest BCUT2D eigenvalue weighted by molar-refractivity contribution is -0.140. The molecule has 0 unspecified atom stereocenters. The second-order valence-electron chi connectivity index (χ2n) is 5.04. The minimum absolute atomic E-state index is 0.0373. The Bertz CT molecular complexity index is 451. The van der Waals surface area contributed by atoms with Gasteiger partial charge in [-0.05, 0) is 49.3 Å². The number of carbonyl (C=O) groups excluding carboxylic acids is 1. The van der Waals surface area contributed by atoms with E-state index in [1.165, 1.54) is 0 Å². The van der Waals surface area contributed by atoms with Crippen LogP contribution in [0.3, 0.4) is 0 Å². The first-order valence-corrected chi connectivity index (χ1v) is 6.79. The largest absolute Gasteiger partial charge is 0.426 e. The molecule has 0 N–H and O–H groups in total. The summed E-state index contributed by atoms with van der Waals surface area (Å²) in [5.74, 6) is 1.11. The Balaban J connectivity index is 1.90. The van der Waals surface area contributed by atoms with Crippen molar-refractivity contribution in [1.29, 1.82) is 0 Å². The number of hydrogen-bond acceptors (Lipinski definition) is 2. The van der Waals surface area contributed by atoms with Gasteiger partial charge in [0.15, 0.2) is 0 Å². The normalized spacial score (nSPS) is 22.5. The summed E-state index contributed by atoms with van der Waals surface area (Å²) in [5.41, 5.74) is 1.02. The average Bonchev–Trinajstić information content (AvgIpc) is 2.48. The van der Waals surface area contributed by atoms with E-state index in [0.29, 0.717) is 11.7 Å². The Labute approximate surface area is 114 Å². The smallest absolute Gasteiger partial charge is 0.314 e. The van der Waals surface area contributed by atoms with Crippen LogP contribution < -0.4 is 4.74 Å². The molecule has 100 valence electrons. The molecule has 0 radical (unpaired) electrons. The molecule has 0 saturated heterocycles. The van der Waals surface area contributed by atoms with Gasteiger partial charge in [0.1, 0.15) is 5.75 Å². The van der Waals surface area contributed by atoms with Crippen molar-refractivity contribution in [3.63, 3.8) is 0 Å². The summed E-state index contributed by atoms with van der Waals surface area (Å²) in [5, 5.41) is 0. The molecular weight excluding hydrogens is 236 g/mol. The van der Waals surface area contributed by atoms with Gasteiger partial charge >= 0.3 is 5.97 Å². The van der Waals surface area contributed by atoms with Crippen molar-refractivity contribution in [3.8, 4) is 5.75 Å². The van der Waals surface area contributed by atoms with Gasteiger partial charge in [0.2, 0.25) is 0 Å². The molecular formula is C17H20O2. The highest BCUT2D eigenvalue weighted by Gasteiger charge is 2.26. The Kier molecular flexibility index (Phi) is 4.56. The number of rotatable bonds is 4. The van der Waals surface area contributed by atoms with Crippen molar-refractivity contribution in [2.24, 2.45) is 11.8 Å². The van der Waals surface area contributed by atoms with Crippen molar-refractivity contribution in [3.05, 3.63) is 49.1 Å². The van der Waals surface area contributed by atoms with E-state index < -0.39 is 0 Å². The van der Waals surface area contributed by atoms with Gasteiger partial charge in [-0.3, -0.25) is 4.79 Å². The molecule has 0 heterocycles. The lowest BCUT2D eigenvalue weighted by Crippen LogP contribution is -2.25. The zero-order chi connectivity index (χ0) is 13.7. The Morgan fingerprint density at radius 1 is 1.11 bits per heavy atom. The fourth-order valence-corrected chi connectivity index (χ4v) is 2.46. The minimum atomic E-state index is -0.103. The maximum absolute atomic E-state index is 12.0. The van der Waals surface area contributed by atoms with Crippen LogP contribution in [-0.4, -0.2) is 5.97 Å². The lowest BCUT2D eigenvalue weighted by atomic mass is 9.82. The minimum Gasteiger partial charge on any atom is -0.426 e. The van der Waals surface area contributed by atoms with Crippen LogP contribution in [0.2, 0.25) is 0 Å². The van der Waals surface area contributed by atoms with Crippen LogP contribution in [-0.2, 0) is 4.79 Å². The van der Waals surface area contributed by atoms with Crippen molar-refractivity contribution in [2.75, 3.05) is 0 Å². The molecule has 0 bridgehead atoms. The molecule has 0 aliphatic heterocycles. The molecule has 1 fully saturated rings. The van der Waals surface area contributed by atoms with Crippen LogP contribution in [0.25, 0.3) is 6.08 Å². The van der Waals surface area contributed by atoms with Gasteiger partial charge in [0.25, 0.3) is 0 Å². The molecule has 1 aliphatic rings. The monoisotopic (exact) mass is 256 g/mol. The van der Waals surface area contributed by atoms with Crippen LogP contribution >= 0.6 is 0 Å². The first kappa shape index (κ1) is 13.6. The predicted octanol–water partition coefficient (Wildman–Crippen LogP) is 4.23. The fraction of sp³-hybridized carbons (Fsp3) is 0.353. The Morgan fingerprint density at radius 3 is 2.26 bits per heavy atom. The summed E-state index contributed by atoms with van der Waals surface area (Å²) in [6.45, 7) is 7.51. The van der Waals surface area contributed by atoms with E-state index in [2.05, 4.69) is 13.2 Å². The molecule has 2 heteroatoms. The van der Waals surface area contributed by atoms with Crippen molar-refractivity contribution in [2.45, 2.75) is 25.7 Å². The first-order chi connectivity index (χ1) is 9.22. The van der Waals surface area contributed by atoms with Crippen molar-refractivity contribution in [1.82, 2.24) is 0 Å². The van der Waals surface area contributed by atoms with E-state index in [1.807, 2.05) is 30.3 Å². The fourth-order valence-electron chi connectivity index (χ4n) is 2.46. The molecule has 1 aromatic rings. The molecule has 0 amide bonds. The molecule has 19 heavy (non-hydrogen) atoms. The standard InChI is InChI=1S/C17H20O2/c1-3-13-5-9-15(10-6-13)17(18)19-16-11-7-14(4-2)8-12-16/h3-4,7-8,11-13,15H,1-2,5-6,9-10H2. The number of ether oxygens (including phenoxy) is 1. The number of carbonyl (C=O) groups is 1. The van der Waals surface area contributed by atoms with Gasteiger partial charge < -0.3 is 4.74 Å². The molecule has 0 atom stereocenters. The third-order valence-corrected chi connectivity index (χ3v) is 3.77. The molecule has 1 saturated carbocycles. The summed E-state index contributed by atoms with van der Waals surface area (Å²) < 4.78 is 5.42. The summed E-state index contributed by atoms with van der Waals surface area (Å²) in [4.78, 5) is 12.0. The number of hydrogen-bond donors (Lipinski definition) is 0. The van der Waals surface area contributed by atoms with Crippen LogP contribution in [0.15, 0.2) is 43.5 Å². The quantitative estimate of drug-likeness (QED) is 0.458. The van der Waals surface area contributed by atoms with E-state index in [-0.39, 0.29) is 11.9 Å². The average molecular weight is 256 g/mol. The van der Waals surface area contributed by atoms with Crippen LogP contribution in [0.4, 0.5) is 0 Å². The molecule has 2 nitrogen and oxygen atoms in total. The lowest BCUT2D eigenvalue weighted by Gasteiger charge is -2.24. The maximum atomic E-state index is 12.0. The van der Waals surface area contributed by atoms with Gasteiger partial charge in [-0.25, -0.2) is 0 Å². The van der Waals surface area contributed by atoms with Gasteiger partial charge in [0.05, 0.1) is 5.92 Å². The summed E-state index contributed by atoms with van der Waals surface area (Å²) in [7, 11) is 0. The Hall–Kier alpha value is -1.83. The first-order valence-electron chi connectivity index (χ1n) is 6.79. The maximum Gasteiger partial charge on any atom is 0.314 e. The molecule has 2 rings (SSSR count). The zero-order valence-electron chi connectivity index (χ0n) is 11.2. The highest BCUT2D eigenvalue weighted by Crippen LogP contribution is 2.30. The van der Waals surface area contributed by atoms with E-state index in [4.69, 9.17) is 4.74 Å². The number of allylic oxidation sites excluding steroid dienone is 1. The molecule has 1 aromatic carbocycles. The number of benzene rings is 1. The van der Waals surface area contributed by atoms with Gasteiger partial charge in [0, 0.05) is 0 Å². The van der Waals surface area contributed by atoms with Gasteiger partial charge in [-0.15, -0.1) is 6.58 Å². The number of esters is 1. The zero-order valence-corrected chi connectivity index (χ0v) is 11.2. The van der Waals surface area contributed by atoms with Crippen LogP contribution in [0, 0.1) is 11.8 Å². The topological polar surface area (TPSA) is 26.3 Å². The summed E-state index contributed by atoms with van der Waals surface area (Å²) in [6.07, 6.45) is 7.65. The van der Waals surface area contributed by atoms with E-state index in [9.17, 15) is 4.79 Å². The molecule has 1 aliphatic carbocycles. The molecule has 0 aromatic heterocycles. The van der Waals surface area contributed by atoms with E-state index >= 15 is 0 Å². The highest BCUT2D eigenvalue weighted by atomic mass is 16.5.